The predicted octanol–water partition coefficient (Wildman–Crippen LogP) is 4.98. The van der Waals surface area contributed by atoms with Gasteiger partial charge in [-0.05, 0) is 29.8 Å². The highest BCUT2D eigenvalue weighted by atomic mass is 35.5. The summed E-state index contributed by atoms with van der Waals surface area (Å²) in [5.74, 6) is 0.429. The summed E-state index contributed by atoms with van der Waals surface area (Å²) in [7, 11) is 1.58. The van der Waals surface area contributed by atoms with Crippen LogP contribution in [0.25, 0.3) is 0 Å². The molecule has 0 saturated carbocycles. The van der Waals surface area contributed by atoms with E-state index in [2.05, 4.69) is 5.32 Å². The van der Waals surface area contributed by atoms with Crippen molar-refractivity contribution in [3.8, 4) is 0 Å². The van der Waals surface area contributed by atoms with E-state index in [0.717, 1.165) is 5.56 Å². The molecule has 2 amide bonds. The number of amides is 2. The SMILES string of the molecule is CN(CC(=O)Nc1c(Cl)cccc1Cl)C(=O)CSCc1cccc(Cl)c1. The Morgan fingerprint density at radius 3 is 2.38 bits per heavy atom. The molecule has 0 fully saturated rings. The van der Waals surface area contributed by atoms with Gasteiger partial charge in [-0.25, -0.2) is 0 Å². The van der Waals surface area contributed by atoms with Crippen LogP contribution >= 0.6 is 46.6 Å². The molecule has 0 spiro atoms. The van der Waals surface area contributed by atoms with E-state index in [1.807, 2.05) is 18.2 Å². The number of para-hydroxylation sites is 1. The van der Waals surface area contributed by atoms with E-state index in [-0.39, 0.29) is 24.1 Å². The largest absolute Gasteiger partial charge is 0.336 e. The van der Waals surface area contributed by atoms with Crippen molar-refractivity contribution < 1.29 is 9.59 Å². The number of halogens is 3. The van der Waals surface area contributed by atoms with Gasteiger partial charge in [0.1, 0.15) is 0 Å². The minimum Gasteiger partial charge on any atom is -0.336 e. The molecular weight excluding hydrogens is 415 g/mol. The molecule has 4 nitrogen and oxygen atoms in total. The first kappa shape index (κ1) is 20.9. The van der Waals surface area contributed by atoms with E-state index in [1.165, 1.54) is 16.7 Å². The van der Waals surface area contributed by atoms with Crippen LogP contribution in [-0.4, -0.2) is 36.1 Å². The average molecular weight is 432 g/mol. The van der Waals surface area contributed by atoms with Crippen LogP contribution in [0.5, 0.6) is 0 Å². The van der Waals surface area contributed by atoms with E-state index < -0.39 is 0 Å². The molecule has 0 unspecified atom stereocenters. The van der Waals surface area contributed by atoms with Gasteiger partial charge in [0.15, 0.2) is 0 Å². The molecule has 0 aromatic heterocycles. The summed E-state index contributed by atoms with van der Waals surface area (Å²) in [6.45, 7) is -0.0852. The molecule has 0 aliphatic rings. The van der Waals surface area contributed by atoms with Gasteiger partial charge in [-0.2, -0.15) is 0 Å². The third kappa shape index (κ3) is 6.40. The molecule has 0 heterocycles. The number of nitrogens with zero attached hydrogens (tertiary/aromatic N) is 1. The number of thioether (sulfide) groups is 1. The summed E-state index contributed by atoms with van der Waals surface area (Å²) in [5.41, 5.74) is 1.39. The molecule has 2 aromatic rings. The van der Waals surface area contributed by atoms with Crippen LogP contribution in [0, 0.1) is 0 Å². The molecule has 1 N–H and O–H groups in total. The second kappa shape index (κ2) is 10.1. The van der Waals surface area contributed by atoms with Crippen molar-refractivity contribution in [2.45, 2.75) is 5.75 Å². The number of rotatable bonds is 7. The highest BCUT2D eigenvalue weighted by molar-refractivity contribution is 7.99. The van der Waals surface area contributed by atoms with Crippen molar-refractivity contribution in [3.05, 3.63) is 63.1 Å². The van der Waals surface area contributed by atoms with Gasteiger partial charge in [0, 0.05) is 17.8 Å². The molecule has 0 aliphatic carbocycles. The zero-order valence-electron chi connectivity index (χ0n) is 14.0. The number of hydrogen-bond donors (Lipinski definition) is 1. The van der Waals surface area contributed by atoms with Crippen molar-refractivity contribution in [2.75, 3.05) is 24.7 Å². The summed E-state index contributed by atoms with van der Waals surface area (Å²) in [5, 5.41) is 3.99. The van der Waals surface area contributed by atoms with Gasteiger partial charge in [0.05, 0.1) is 28.0 Å². The van der Waals surface area contributed by atoms with Gasteiger partial charge in [-0.1, -0.05) is 53.0 Å². The number of benzene rings is 2. The quantitative estimate of drug-likeness (QED) is 0.673. The first-order chi connectivity index (χ1) is 12.4. The van der Waals surface area contributed by atoms with Crippen LogP contribution in [0.15, 0.2) is 42.5 Å². The lowest BCUT2D eigenvalue weighted by molar-refractivity contribution is -0.131. The van der Waals surface area contributed by atoms with Gasteiger partial charge in [-0.15, -0.1) is 11.8 Å². The number of likely N-dealkylation sites (N-methyl/N-ethyl adjacent to an activating group) is 1. The average Bonchev–Trinajstić information content (AvgIpc) is 2.58. The van der Waals surface area contributed by atoms with Crippen LogP contribution in [-0.2, 0) is 15.3 Å². The maximum Gasteiger partial charge on any atom is 0.244 e. The summed E-state index contributed by atoms with van der Waals surface area (Å²) in [6.07, 6.45) is 0. The Balaban J connectivity index is 1.80. The lowest BCUT2D eigenvalue weighted by Crippen LogP contribution is -2.36. The molecule has 138 valence electrons. The molecule has 0 saturated heterocycles. The van der Waals surface area contributed by atoms with Gasteiger partial charge in [-0.3, -0.25) is 9.59 Å². The first-order valence-electron chi connectivity index (χ1n) is 7.67. The molecule has 2 rings (SSSR count). The third-order valence-corrected chi connectivity index (χ3v) is 5.27. The lowest BCUT2D eigenvalue weighted by atomic mass is 10.2. The smallest absolute Gasteiger partial charge is 0.244 e. The first-order valence-corrected chi connectivity index (χ1v) is 9.95. The predicted molar refractivity (Wildman–Crippen MR) is 110 cm³/mol. The van der Waals surface area contributed by atoms with E-state index in [9.17, 15) is 9.59 Å². The van der Waals surface area contributed by atoms with Crippen molar-refractivity contribution in [2.24, 2.45) is 0 Å². The number of anilines is 1. The minimum atomic E-state index is -0.365. The normalized spacial score (nSPS) is 10.5. The maximum atomic E-state index is 12.2. The molecular formula is C18H17Cl3N2O2S. The Kier molecular flexibility index (Phi) is 8.10. The molecule has 8 heteroatoms. The van der Waals surface area contributed by atoms with Gasteiger partial charge in [0.2, 0.25) is 11.8 Å². The van der Waals surface area contributed by atoms with Crippen molar-refractivity contribution >= 4 is 64.1 Å². The minimum absolute atomic E-state index is 0.0852. The lowest BCUT2D eigenvalue weighted by Gasteiger charge is -2.17. The van der Waals surface area contributed by atoms with Crippen LogP contribution in [0.1, 0.15) is 5.56 Å². The van der Waals surface area contributed by atoms with Gasteiger partial charge >= 0.3 is 0 Å². The van der Waals surface area contributed by atoms with Crippen molar-refractivity contribution in [1.82, 2.24) is 4.90 Å². The molecule has 26 heavy (non-hydrogen) atoms. The fourth-order valence-electron chi connectivity index (χ4n) is 2.09. The van der Waals surface area contributed by atoms with Crippen LogP contribution in [0.2, 0.25) is 15.1 Å². The highest BCUT2D eigenvalue weighted by Crippen LogP contribution is 2.29. The fraction of sp³-hybridized carbons (Fsp3) is 0.222. The Labute approximate surface area is 171 Å². The summed E-state index contributed by atoms with van der Waals surface area (Å²) in [4.78, 5) is 25.7. The van der Waals surface area contributed by atoms with Crippen LogP contribution in [0.3, 0.4) is 0 Å². The standard InChI is InChI=1S/C18H17Cl3N2O2S/c1-23(9-16(24)22-18-14(20)6-3-7-15(18)21)17(25)11-26-10-12-4-2-5-13(19)8-12/h2-8H,9-11H2,1H3,(H,22,24). The second-order valence-corrected chi connectivity index (χ2v) is 7.75. The zero-order chi connectivity index (χ0) is 19.1. The monoisotopic (exact) mass is 430 g/mol. The van der Waals surface area contributed by atoms with E-state index in [0.29, 0.717) is 26.5 Å². The van der Waals surface area contributed by atoms with E-state index in [4.69, 9.17) is 34.8 Å². The van der Waals surface area contributed by atoms with Crippen LogP contribution < -0.4 is 5.32 Å². The summed E-state index contributed by atoms with van der Waals surface area (Å²) in [6, 6.07) is 12.4. The molecule has 0 bridgehead atoms. The van der Waals surface area contributed by atoms with Crippen molar-refractivity contribution in [3.63, 3.8) is 0 Å². The van der Waals surface area contributed by atoms with Crippen molar-refractivity contribution in [1.29, 1.82) is 0 Å². The number of nitrogens with one attached hydrogen (secondary N) is 1. The fourth-order valence-corrected chi connectivity index (χ4v) is 3.71. The van der Waals surface area contributed by atoms with Gasteiger partial charge in [0.25, 0.3) is 0 Å². The Hall–Kier alpha value is -1.40. The Bertz CT molecular complexity index is 782. The zero-order valence-corrected chi connectivity index (χ0v) is 17.1. The maximum absolute atomic E-state index is 12.2. The van der Waals surface area contributed by atoms with Gasteiger partial charge < -0.3 is 10.2 Å². The van der Waals surface area contributed by atoms with E-state index >= 15 is 0 Å². The van der Waals surface area contributed by atoms with Crippen LogP contribution in [0.4, 0.5) is 5.69 Å². The molecule has 2 aromatic carbocycles. The summed E-state index contributed by atoms with van der Waals surface area (Å²) >= 11 is 19.4. The molecule has 0 radical (unpaired) electrons. The number of carbonyl (C=O) groups excluding carboxylic acids is 2. The highest BCUT2D eigenvalue weighted by Gasteiger charge is 2.15. The van der Waals surface area contributed by atoms with E-state index in [1.54, 1.807) is 31.3 Å². The second-order valence-electron chi connectivity index (χ2n) is 5.52. The molecule has 0 aliphatic heterocycles. The third-order valence-electron chi connectivity index (χ3n) is 3.42. The topological polar surface area (TPSA) is 49.4 Å². The number of hydrogen-bond acceptors (Lipinski definition) is 3. The molecule has 0 atom stereocenters. The summed E-state index contributed by atoms with van der Waals surface area (Å²) < 4.78 is 0. The Morgan fingerprint density at radius 2 is 1.73 bits per heavy atom. The Morgan fingerprint density at radius 1 is 1.08 bits per heavy atom. The number of carbonyl (C=O) groups is 2.